The number of nitrogens with one attached hydrogen (secondary N) is 1. The van der Waals surface area contributed by atoms with Gasteiger partial charge in [-0.25, -0.2) is 0 Å². The van der Waals surface area contributed by atoms with Crippen LogP contribution >= 0.6 is 0 Å². The van der Waals surface area contributed by atoms with Crippen molar-refractivity contribution in [1.29, 1.82) is 0 Å². The van der Waals surface area contributed by atoms with E-state index < -0.39 is 0 Å². The third kappa shape index (κ3) is 1.96. The Bertz CT molecular complexity index is 112. The second kappa shape index (κ2) is 2.89. The number of rotatable bonds is 2. The Balaban J connectivity index is 2.29. The molecule has 0 spiro atoms. The van der Waals surface area contributed by atoms with E-state index in [-0.39, 0.29) is 0 Å². The molecular formula is C8H17NO. The highest BCUT2D eigenvalue weighted by Gasteiger charge is 2.29. The molecule has 1 saturated heterocycles. The minimum atomic E-state index is 0.337. The molecule has 0 aromatic rings. The molecule has 0 aromatic heterocycles. The van der Waals surface area contributed by atoms with Crippen molar-refractivity contribution in [3.63, 3.8) is 0 Å². The molecule has 2 nitrogen and oxygen atoms in total. The van der Waals surface area contributed by atoms with E-state index in [1.165, 1.54) is 6.42 Å². The van der Waals surface area contributed by atoms with E-state index in [4.69, 9.17) is 4.74 Å². The van der Waals surface area contributed by atoms with Crippen LogP contribution in [0.4, 0.5) is 0 Å². The van der Waals surface area contributed by atoms with Crippen LogP contribution in [0.2, 0.25) is 0 Å². The first kappa shape index (κ1) is 8.02. The number of ether oxygens (including phenoxy) is 1. The lowest BCUT2D eigenvalue weighted by molar-refractivity contribution is 0.157. The molecule has 2 heteroatoms. The first-order chi connectivity index (χ1) is 4.64. The van der Waals surface area contributed by atoms with Crippen molar-refractivity contribution in [3.8, 4) is 0 Å². The molecular weight excluding hydrogens is 126 g/mol. The zero-order chi connectivity index (χ0) is 7.61. The Morgan fingerprint density at radius 3 is 2.70 bits per heavy atom. The smallest absolute Gasteiger partial charge is 0.0503 e. The lowest BCUT2D eigenvalue weighted by Gasteiger charge is -2.16. The standard InChI is InChI=1S/C8H17NO/c1-8(2)4-7(5-9-8)6-10-3/h7,9H,4-6H2,1-3H3. The SMILES string of the molecule is COCC1CNC(C)(C)C1. The van der Waals surface area contributed by atoms with Gasteiger partial charge in [-0.2, -0.15) is 0 Å². The zero-order valence-corrected chi connectivity index (χ0v) is 7.11. The quantitative estimate of drug-likeness (QED) is 0.623. The Labute approximate surface area is 63.0 Å². The number of methoxy groups -OCH3 is 1. The van der Waals surface area contributed by atoms with E-state index in [1.54, 1.807) is 7.11 Å². The van der Waals surface area contributed by atoms with Gasteiger partial charge >= 0.3 is 0 Å². The van der Waals surface area contributed by atoms with Gasteiger partial charge in [-0.3, -0.25) is 0 Å². The minimum Gasteiger partial charge on any atom is -0.384 e. The Morgan fingerprint density at radius 2 is 2.30 bits per heavy atom. The number of hydrogen-bond donors (Lipinski definition) is 1. The summed E-state index contributed by atoms with van der Waals surface area (Å²) >= 11 is 0. The molecule has 0 bridgehead atoms. The summed E-state index contributed by atoms with van der Waals surface area (Å²) in [6.07, 6.45) is 1.24. The van der Waals surface area contributed by atoms with Gasteiger partial charge in [0.15, 0.2) is 0 Å². The van der Waals surface area contributed by atoms with Crippen molar-refractivity contribution >= 4 is 0 Å². The Kier molecular flexibility index (Phi) is 2.32. The molecule has 1 rings (SSSR count). The van der Waals surface area contributed by atoms with Crippen LogP contribution in [-0.4, -0.2) is 25.8 Å². The van der Waals surface area contributed by atoms with Crippen LogP contribution in [0.15, 0.2) is 0 Å². The minimum absolute atomic E-state index is 0.337. The largest absolute Gasteiger partial charge is 0.384 e. The van der Waals surface area contributed by atoms with Gasteiger partial charge in [-0.1, -0.05) is 0 Å². The maximum Gasteiger partial charge on any atom is 0.0503 e. The molecule has 60 valence electrons. The maximum atomic E-state index is 5.08. The van der Waals surface area contributed by atoms with E-state index in [2.05, 4.69) is 19.2 Å². The van der Waals surface area contributed by atoms with Crippen LogP contribution in [-0.2, 0) is 4.74 Å². The van der Waals surface area contributed by atoms with Gasteiger partial charge < -0.3 is 10.1 Å². The summed E-state index contributed by atoms with van der Waals surface area (Å²) < 4.78 is 5.08. The van der Waals surface area contributed by atoms with E-state index in [9.17, 15) is 0 Å². The first-order valence-corrected chi connectivity index (χ1v) is 3.88. The molecule has 0 aliphatic carbocycles. The zero-order valence-electron chi connectivity index (χ0n) is 7.11. The van der Waals surface area contributed by atoms with Crippen molar-refractivity contribution in [2.75, 3.05) is 20.3 Å². The third-order valence-electron chi connectivity index (χ3n) is 2.07. The average molecular weight is 143 g/mol. The molecule has 1 heterocycles. The summed E-state index contributed by atoms with van der Waals surface area (Å²) in [5.41, 5.74) is 0.337. The molecule has 1 fully saturated rings. The summed E-state index contributed by atoms with van der Waals surface area (Å²) in [5, 5.41) is 3.45. The van der Waals surface area contributed by atoms with Crippen LogP contribution in [0, 0.1) is 5.92 Å². The molecule has 1 aliphatic heterocycles. The summed E-state index contributed by atoms with van der Waals surface area (Å²) in [7, 11) is 1.77. The van der Waals surface area contributed by atoms with E-state index in [0.717, 1.165) is 19.1 Å². The molecule has 1 N–H and O–H groups in total. The highest BCUT2D eigenvalue weighted by Crippen LogP contribution is 2.22. The van der Waals surface area contributed by atoms with Gasteiger partial charge in [-0.15, -0.1) is 0 Å². The summed E-state index contributed by atoms with van der Waals surface area (Å²) in [5.74, 6) is 0.722. The van der Waals surface area contributed by atoms with Gasteiger partial charge in [0, 0.05) is 19.2 Å². The molecule has 0 amide bonds. The van der Waals surface area contributed by atoms with Gasteiger partial charge in [0.25, 0.3) is 0 Å². The molecule has 0 radical (unpaired) electrons. The van der Waals surface area contributed by atoms with E-state index >= 15 is 0 Å². The average Bonchev–Trinajstić information content (AvgIpc) is 2.12. The monoisotopic (exact) mass is 143 g/mol. The van der Waals surface area contributed by atoms with Crippen molar-refractivity contribution in [2.24, 2.45) is 5.92 Å². The van der Waals surface area contributed by atoms with E-state index in [1.807, 2.05) is 0 Å². The molecule has 1 unspecified atom stereocenters. The van der Waals surface area contributed by atoms with Gasteiger partial charge in [0.1, 0.15) is 0 Å². The lowest BCUT2D eigenvalue weighted by atomic mass is 9.98. The fourth-order valence-corrected chi connectivity index (χ4v) is 1.64. The first-order valence-electron chi connectivity index (χ1n) is 3.88. The molecule has 1 atom stereocenters. The molecule has 10 heavy (non-hydrogen) atoms. The van der Waals surface area contributed by atoms with Crippen molar-refractivity contribution in [2.45, 2.75) is 25.8 Å². The summed E-state index contributed by atoms with van der Waals surface area (Å²) in [6.45, 7) is 6.49. The second-order valence-corrected chi connectivity index (χ2v) is 3.79. The van der Waals surface area contributed by atoms with Crippen LogP contribution in [0.1, 0.15) is 20.3 Å². The highest BCUT2D eigenvalue weighted by atomic mass is 16.5. The van der Waals surface area contributed by atoms with Crippen LogP contribution in [0.25, 0.3) is 0 Å². The Morgan fingerprint density at radius 1 is 1.60 bits per heavy atom. The molecule has 0 aromatic carbocycles. The van der Waals surface area contributed by atoms with Crippen molar-refractivity contribution in [1.82, 2.24) is 5.32 Å². The fourth-order valence-electron chi connectivity index (χ4n) is 1.64. The van der Waals surface area contributed by atoms with Gasteiger partial charge in [0.05, 0.1) is 6.61 Å². The Hall–Kier alpha value is -0.0800. The van der Waals surface area contributed by atoms with Gasteiger partial charge in [-0.05, 0) is 26.2 Å². The van der Waals surface area contributed by atoms with Crippen molar-refractivity contribution in [3.05, 3.63) is 0 Å². The maximum absolute atomic E-state index is 5.08. The van der Waals surface area contributed by atoms with Crippen LogP contribution < -0.4 is 5.32 Å². The molecule has 1 aliphatic rings. The fraction of sp³-hybridized carbons (Fsp3) is 1.00. The highest BCUT2D eigenvalue weighted by molar-refractivity contribution is 4.88. The van der Waals surface area contributed by atoms with Crippen molar-refractivity contribution < 1.29 is 4.74 Å². The molecule has 0 saturated carbocycles. The second-order valence-electron chi connectivity index (χ2n) is 3.79. The van der Waals surface area contributed by atoms with Crippen LogP contribution in [0.3, 0.4) is 0 Å². The topological polar surface area (TPSA) is 21.3 Å². The predicted molar refractivity (Wildman–Crippen MR) is 42.1 cm³/mol. The normalized spacial score (nSPS) is 30.9. The lowest BCUT2D eigenvalue weighted by Crippen LogP contribution is -2.31. The predicted octanol–water partition coefficient (Wildman–Crippen LogP) is 1.02. The third-order valence-corrected chi connectivity index (χ3v) is 2.07. The summed E-state index contributed by atoms with van der Waals surface area (Å²) in [6, 6.07) is 0. The van der Waals surface area contributed by atoms with Crippen LogP contribution in [0.5, 0.6) is 0 Å². The van der Waals surface area contributed by atoms with Gasteiger partial charge in [0.2, 0.25) is 0 Å². The number of hydrogen-bond acceptors (Lipinski definition) is 2. The summed E-state index contributed by atoms with van der Waals surface area (Å²) in [4.78, 5) is 0. The van der Waals surface area contributed by atoms with E-state index in [0.29, 0.717) is 5.54 Å².